The number of Topliss-reactive ketones (excluding diaryl/α,β-unsaturated/α-hetero) is 1. The van der Waals surface area contributed by atoms with Gasteiger partial charge in [-0.1, -0.05) is 0 Å². The molecule has 0 aromatic heterocycles. The van der Waals surface area contributed by atoms with Gasteiger partial charge in [0.1, 0.15) is 5.78 Å². The van der Waals surface area contributed by atoms with Gasteiger partial charge in [-0.15, -0.1) is 0 Å². The van der Waals surface area contributed by atoms with Gasteiger partial charge in [0.05, 0.1) is 0 Å². The van der Waals surface area contributed by atoms with Crippen LogP contribution in [-0.4, -0.2) is 23.1 Å². The van der Waals surface area contributed by atoms with Crippen LogP contribution < -0.4 is 0 Å². The van der Waals surface area contributed by atoms with Crippen LogP contribution in [0.15, 0.2) is 0 Å². The molecule has 0 aliphatic heterocycles. The molecule has 0 rings (SSSR count). The summed E-state index contributed by atoms with van der Waals surface area (Å²) in [5.74, 6) is 0.167. The molecule has 1 nitrogen and oxygen atoms in total. The van der Waals surface area contributed by atoms with E-state index in [9.17, 15) is 4.79 Å². The van der Waals surface area contributed by atoms with E-state index < -0.39 is 0 Å². The quantitative estimate of drug-likeness (QED) is 0.418. The van der Waals surface area contributed by atoms with Crippen molar-refractivity contribution in [3.8, 4) is 0 Å². The van der Waals surface area contributed by atoms with E-state index in [1.807, 2.05) is 0 Å². The molecule has 0 aliphatic carbocycles. The minimum atomic E-state index is 0. The normalized spacial score (nSPS) is 4.33. The Balaban J connectivity index is -0.0000000450. The van der Waals surface area contributed by atoms with Crippen molar-refractivity contribution < 1.29 is 21.6 Å². The molecule has 0 saturated carbocycles. The van der Waals surface area contributed by atoms with Crippen molar-refractivity contribution in [3.05, 3.63) is 0 Å². The molecule has 0 N–H and O–H groups in total. The summed E-state index contributed by atoms with van der Waals surface area (Å²) in [6, 6.07) is 0. The predicted molar refractivity (Wildman–Crippen MR) is 26.3 cm³/mol. The Hall–Kier alpha value is 0.709. The molecule has 0 aromatic rings. The fraction of sp³-hybridized carbons (Fsp3) is 0.667. The zero-order valence-electron chi connectivity index (χ0n) is 3.24. The van der Waals surface area contributed by atoms with E-state index in [0.717, 1.165) is 0 Å². The third kappa shape index (κ3) is 129. The van der Waals surface area contributed by atoms with Crippen molar-refractivity contribution in [1.82, 2.24) is 0 Å². The number of rotatable bonds is 0. The van der Waals surface area contributed by atoms with Crippen molar-refractivity contribution in [2.45, 2.75) is 13.8 Å². The van der Waals surface area contributed by atoms with Crippen LogP contribution in [0, 0.1) is 0 Å². The average Bonchev–Trinajstić information content (AvgIpc) is 0.811. The molecule has 0 saturated heterocycles. The van der Waals surface area contributed by atoms with Crippen molar-refractivity contribution in [3.63, 3.8) is 0 Å². The van der Waals surface area contributed by atoms with Crippen LogP contribution >= 0.6 is 0 Å². The van der Waals surface area contributed by atoms with Crippen LogP contribution in [0.25, 0.3) is 0 Å². The van der Waals surface area contributed by atoms with Gasteiger partial charge in [-0.05, 0) is 13.8 Å². The summed E-state index contributed by atoms with van der Waals surface area (Å²) in [6.07, 6.45) is 0. The smallest absolute Gasteiger partial charge is 0.187 e. The molecular weight excluding hydrogens is 138 g/mol. The number of carbonyl (C=O) groups is 1. The summed E-state index contributed by atoms with van der Waals surface area (Å²) in [7, 11) is 0. The van der Waals surface area contributed by atoms with Gasteiger partial charge in [0.25, 0.3) is 0 Å². The molecule has 0 heterocycles. The van der Waals surface area contributed by atoms with Crippen LogP contribution in [0.3, 0.4) is 0 Å². The van der Waals surface area contributed by atoms with Gasteiger partial charge in [0, 0.05) is 16.8 Å². The third-order valence-electron chi connectivity index (χ3n) is 0. The van der Waals surface area contributed by atoms with Crippen molar-refractivity contribution in [1.29, 1.82) is 0 Å². The van der Waals surface area contributed by atoms with Crippen LogP contribution in [0.5, 0.6) is 0 Å². The minimum absolute atomic E-state index is 0. The van der Waals surface area contributed by atoms with E-state index >= 15 is 0 Å². The second-order valence-electron chi connectivity index (χ2n) is 0.908. The van der Waals surface area contributed by atoms with Crippen LogP contribution in [0.1, 0.15) is 13.8 Å². The van der Waals surface area contributed by atoms with Gasteiger partial charge in [0.2, 0.25) is 0 Å². The Labute approximate surface area is 58.8 Å². The molecule has 3 heteroatoms. The van der Waals surface area contributed by atoms with E-state index in [1.54, 1.807) is 0 Å². The minimum Gasteiger partial charge on any atom is -0.300 e. The standard InChI is InChI=1S/C3H6O.Al.Co.3H/c1-3(2)4;;;;;/h1-2H3;;;;;. The van der Waals surface area contributed by atoms with Gasteiger partial charge in [-0.25, -0.2) is 0 Å². The van der Waals surface area contributed by atoms with Crippen LogP contribution in [-0.2, 0) is 21.6 Å². The average molecular weight is 147 g/mol. The molecule has 0 aliphatic rings. The van der Waals surface area contributed by atoms with Gasteiger partial charge in [-0.3, -0.25) is 0 Å². The topological polar surface area (TPSA) is 17.1 Å². The first-order chi connectivity index (χ1) is 1.73. The predicted octanol–water partition coefficient (Wildman–Crippen LogP) is -0.591. The first-order valence-electron chi connectivity index (χ1n) is 1.20. The second kappa shape index (κ2) is 9.20. The van der Waals surface area contributed by atoms with Crippen molar-refractivity contribution in [2.75, 3.05) is 0 Å². The first kappa shape index (κ1) is 15.9. The van der Waals surface area contributed by atoms with Crippen molar-refractivity contribution in [2.24, 2.45) is 0 Å². The molecule has 0 bridgehead atoms. The SMILES string of the molecule is CC(C)=O.[AlH3].[Co]. The first-order valence-corrected chi connectivity index (χ1v) is 1.20. The monoisotopic (exact) mass is 147 g/mol. The Morgan fingerprint density at radius 2 is 1.33 bits per heavy atom. The van der Waals surface area contributed by atoms with E-state index in [2.05, 4.69) is 0 Å². The maximum Gasteiger partial charge on any atom is 0.187 e. The zero-order valence-corrected chi connectivity index (χ0v) is 4.28. The Morgan fingerprint density at radius 1 is 1.33 bits per heavy atom. The largest absolute Gasteiger partial charge is 0.300 e. The van der Waals surface area contributed by atoms with Crippen LogP contribution in [0.2, 0.25) is 0 Å². The maximum atomic E-state index is 9.44. The Kier molecular flexibility index (Phi) is 24.4. The van der Waals surface area contributed by atoms with E-state index in [4.69, 9.17) is 0 Å². The van der Waals surface area contributed by atoms with Gasteiger partial charge in [-0.2, -0.15) is 0 Å². The summed E-state index contributed by atoms with van der Waals surface area (Å²) in [5.41, 5.74) is 0. The summed E-state index contributed by atoms with van der Waals surface area (Å²) in [5, 5.41) is 0. The van der Waals surface area contributed by atoms with Crippen molar-refractivity contribution >= 4 is 23.1 Å². The summed E-state index contributed by atoms with van der Waals surface area (Å²) in [4.78, 5) is 9.44. The molecule has 1 radical (unpaired) electrons. The number of carbonyl (C=O) groups excluding carboxylic acids is 1. The zero-order chi connectivity index (χ0) is 3.58. The molecule has 39 valence electrons. The fourth-order valence-electron chi connectivity index (χ4n) is 0. The number of hydrogen-bond donors (Lipinski definition) is 0. The van der Waals surface area contributed by atoms with E-state index in [0.29, 0.717) is 0 Å². The van der Waals surface area contributed by atoms with Gasteiger partial charge in [0.15, 0.2) is 17.4 Å². The molecule has 0 spiro atoms. The summed E-state index contributed by atoms with van der Waals surface area (Å²) < 4.78 is 0. The van der Waals surface area contributed by atoms with Gasteiger partial charge >= 0.3 is 0 Å². The maximum absolute atomic E-state index is 9.44. The Bertz CT molecular complexity index is 33.8. The van der Waals surface area contributed by atoms with E-state index in [-0.39, 0.29) is 39.9 Å². The molecular formula is C3H9AlCoO. The molecule has 6 heavy (non-hydrogen) atoms. The summed E-state index contributed by atoms with van der Waals surface area (Å²) in [6.45, 7) is 3.06. The number of hydrogen-bond acceptors (Lipinski definition) is 1. The van der Waals surface area contributed by atoms with Gasteiger partial charge < -0.3 is 4.79 Å². The third-order valence-corrected chi connectivity index (χ3v) is 0. The van der Waals surface area contributed by atoms with Crippen LogP contribution in [0.4, 0.5) is 0 Å². The summed E-state index contributed by atoms with van der Waals surface area (Å²) >= 11 is 0. The van der Waals surface area contributed by atoms with E-state index in [1.165, 1.54) is 13.8 Å². The molecule has 0 aromatic carbocycles. The fourth-order valence-corrected chi connectivity index (χ4v) is 0. The molecule has 0 atom stereocenters. The second-order valence-corrected chi connectivity index (χ2v) is 0.908. The molecule has 0 fully saturated rings. The Morgan fingerprint density at radius 3 is 1.33 bits per heavy atom. The number of ketones is 1. The molecule has 0 amide bonds. The molecule has 0 unspecified atom stereocenters.